The van der Waals surface area contributed by atoms with Crippen LogP contribution in [0, 0.1) is 13.8 Å². The molecule has 3 atom stereocenters. The van der Waals surface area contributed by atoms with Crippen molar-refractivity contribution in [1.82, 2.24) is 4.72 Å². The zero-order chi connectivity index (χ0) is 28.2. The Morgan fingerprint density at radius 3 is 1.84 bits per heavy atom. The molecule has 2 aromatic rings. The lowest BCUT2D eigenvalue weighted by molar-refractivity contribution is 0.198. The van der Waals surface area contributed by atoms with Gasteiger partial charge in [-0.15, -0.1) is 0 Å². The minimum absolute atomic E-state index is 0. The van der Waals surface area contributed by atoms with Crippen molar-refractivity contribution in [2.45, 2.75) is 105 Å². The fraction of sp³-hybridized carbons (Fsp3) is 0.581. The van der Waals surface area contributed by atoms with Crippen LogP contribution < -0.4 is 4.72 Å². The molecule has 7 heteroatoms. The van der Waals surface area contributed by atoms with E-state index in [1.165, 1.54) is 29.5 Å². The Labute approximate surface area is 238 Å². The van der Waals surface area contributed by atoms with Gasteiger partial charge in [-0.25, -0.2) is 13.1 Å². The standard InChI is InChI=1S/C13H21NOS.C13H19NOS.C4H8O.CH4/c2*1-10-7-6-8-12(9-10)11(2)14-16(15)13(3,4)5;1-2-4-5-3-1;/h6-9,11,14H,1-5H3;6-9H,1-5H3;1-4H2;1H4/t11-,16+;16-;;/m01../s1. The molecule has 1 saturated heterocycles. The molecule has 1 N–H and O–H groups in total. The predicted octanol–water partition coefficient (Wildman–Crippen LogP) is 7.81. The number of ether oxygens (including phenoxy) is 1. The highest BCUT2D eigenvalue weighted by Gasteiger charge is 2.21. The molecule has 38 heavy (non-hydrogen) atoms. The van der Waals surface area contributed by atoms with E-state index in [4.69, 9.17) is 4.74 Å². The average Bonchev–Trinajstić information content (AvgIpc) is 3.38. The lowest BCUT2D eigenvalue weighted by Crippen LogP contribution is -2.34. The van der Waals surface area contributed by atoms with E-state index < -0.39 is 22.0 Å². The van der Waals surface area contributed by atoms with Crippen LogP contribution in [0.15, 0.2) is 52.9 Å². The van der Waals surface area contributed by atoms with Gasteiger partial charge in [-0.1, -0.05) is 67.1 Å². The molecule has 0 aliphatic carbocycles. The molecule has 0 bridgehead atoms. The van der Waals surface area contributed by atoms with Crippen LogP contribution in [-0.4, -0.2) is 36.8 Å². The summed E-state index contributed by atoms with van der Waals surface area (Å²) in [5, 5.41) is 0. The van der Waals surface area contributed by atoms with Crippen molar-refractivity contribution in [3.63, 3.8) is 0 Å². The van der Waals surface area contributed by atoms with Gasteiger partial charge in [0.15, 0.2) is 0 Å². The van der Waals surface area contributed by atoms with Crippen LogP contribution >= 0.6 is 0 Å². The lowest BCUT2D eigenvalue weighted by Gasteiger charge is -2.22. The molecule has 1 fully saturated rings. The van der Waals surface area contributed by atoms with Gasteiger partial charge in [-0.05, 0) is 93.2 Å². The Balaban J connectivity index is 0.000000594. The van der Waals surface area contributed by atoms with Crippen molar-refractivity contribution in [1.29, 1.82) is 0 Å². The summed E-state index contributed by atoms with van der Waals surface area (Å²) in [6, 6.07) is 16.5. The van der Waals surface area contributed by atoms with Gasteiger partial charge in [0.25, 0.3) is 0 Å². The number of aryl methyl sites for hydroxylation is 2. The average molecular weight is 565 g/mol. The first-order valence-corrected chi connectivity index (χ1v) is 15.2. The summed E-state index contributed by atoms with van der Waals surface area (Å²) in [6.07, 6.45) is 2.56. The zero-order valence-electron chi connectivity index (χ0n) is 24.5. The Kier molecular flexibility index (Phi) is 16.4. The van der Waals surface area contributed by atoms with Crippen molar-refractivity contribution < 1.29 is 13.2 Å². The van der Waals surface area contributed by atoms with Crippen LogP contribution in [0.3, 0.4) is 0 Å². The molecular weight excluding hydrogens is 512 g/mol. The summed E-state index contributed by atoms with van der Waals surface area (Å²) >= 11 is 0. The maximum Gasteiger partial charge on any atom is 0.145 e. The van der Waals surface area contributed by atoms with E-state index in [-0.39, 0.29) is 23.0 Å². The Morgan fingerprint density at radius 1 is 0.895 bits per heavy atom. The van der Waals surface area contributed by atoms with Crippen LogP contribution in [0.25, 0.3) is 0 Å². The molecule has 1 aliphatic heterocycles. The minimum Gasteiger partial charge on any atom is -0.381 e. The van der Waals surface area contributed by atoms with Gasteiger partial charge < -0.3 is 4.74 Å². The molecule has 216 valence electrons. The highest BCUT2D eigenvalue weighted by Crippen LogP contribution is 2.18. The van der Waals surface area contributed by atoms with E-state index in [1.54, 1.807) is 0 Å². The highest BCUT2D eigenvalue weighted by molar-refractivity contribution is 7.85. The van der Waals surface area contributed by atoms with Gasteiger partial charge in [0.1, 0.15) is 11.0 Å². The van der Waals surface area contributed by atoms with Gasteiger partial charge in [0.05, 0.1) is 26.2 Å². The Hall–Kier alpha value is -1.67. The molecule has 0 spiro atoms. The Bertz CT molecular complexity index is 1040. The van der Waals surface area contributed by atoms with Gasteiger partial charge in [-0.3, -0.25) is 0 Å². The van der Waals surface area contributed by atoms with Crippen LogP contribution in [0.2, 0.25) is 0 Å². The summed E-state index contributed by atoms with van der Waals surface area (Å²) in [5.74, 6) is 0. The van der Waals surface area contributed by atoms with E-state index >= 15 is 0 Å². The van der Waals surface area contributed by atoms with Gasteiger partial charge in [0.2, 0.25) is 0 Å². The molecule has 1 aliphatic rings. The van der Waals surface area contributed by atoms with Crippen LogP contribution in [-0.2, 0) is 26.7 Å². The summed E-state index contributed by atoms with van der Waals surface area (Å²) < 4.78 is 35.6. The first-order chi connectivity index (χ1) is 17.1. The van der Waals surface area contributed by atoms with E-state index in [0.717, 1.165) is 24.5 Å². The number of rotatable bonds is 5. The second-order valence-corrected chi connectivity index (χ2v) is 15.3. The van der Waals surface area contributed by atoms with Crippen molar-refractivity contribution in [2.75, 3.05) is 13.2 Å². The third-order valence-electron chi connectivity index (χ3n) is 5.39. The van der Waals surface area contributed by atoms with Crippen molar-refractivity contribution in [2.24, 2.45) is 4.40 Å². The third-order valence-corrected chi connectivity index (χ3v) is 8.56. The smallest absolute Gasteiger partial charge is 0.145 e. The first kappa shape index (κ1) is 36.3. The molecule has 0 unspecified atom stereocenters. The minimum atomic E-state index is -1.19. The second-order valence-electron chi connectivity index (χ2n) is 11.4. The predicted molar refractivity (Wildman–Crippen MR) is 169 cm³/mol. The number of nitrogens with zero attached hydrogens (tertiary/aromatic N) is 1. The monoisotopic (exact) mass is 564 g/mol. The molecule has 1 heterocycles. The Morgan fingerprint density at radius 2 is 1.42 bits per heavy atom. The molecule has 0 saturated carbocycles. The molecule has 5 nitrogen and oxygen atoms in total. The molecule has 3 rings (SSSR count). The van der Waals surface area contributed by atoms with Crippen molar-refractivity contribution in [3.05, 3.63) is 70.8 Å². The van der Waals surface area contributed by atoms with Crippen LogP contribution in [0.4, 0.5) is 0 Å². The maximum atomic E-state index is 11.9. The molecule has 0 radical (unpaired) electrons. The first-order valence-electron chi connectivity index (χ1n) is 13.0. The summed E-state index contributed by atoms with van der Waals surface area (Å²) in [5.41, 5.74) is 5.47. The molecule has 0 amide bonds. The van der Waals surface area contributed by atoms with Gasteiger partial charge in [0, 0.05) is 19.3 Å². The number of hydrogen-bond acceptors (Lipinski definition) is 3. The topological polar surface area (TPSA) is 67.8 Å². The van der Waals surface area contributed by atoms with Crippen LogP contribution in [0.1, 0.15) is 104 Å². The molecule has 0 aromatic heterocycles. The summed E-state index contributed by atoms with van der Waals surface area (Å²) in [7, 11) is -2.21. The SMILES string of the molecule is C.C1CCOC1.CC(=N[S@](=O)C(C)(C)C)c1cccc(C)c1.Cc1cccc([C@H](C)N[S@](=O)C(C)(C)C)c1. The van der Waals surface area contributed by atoms with Crippen molar-refractivity contribution in [3.8, 4) is 0 Å². The number of nitrogens with one attached hydrogen (secondary N) is 1. The largest absolute Gasteiger partial charge is 0.381 e. The van der Waals surface area contributed by atoms with E-state index in [1.807, 2.05) is 86.6 Å². The highest BCUT2D eigenvalue weighted by atomic mass is 32.2. The van der Waals surface area contributed by atoms with E-state index in [2.05, 4.69) is 40.3 Å². The summed E-state index contributed by atoms with van der Waals surface area (Å²) in [6.45, 7) is 21.7. The van der Waals surface area contributed by atoms with Gasteiger partial charge in [-0.2, -0.15) is 4.40 Å². The number of benzene rings is 2. The molecule has 2 aromatic carbocycles. The van der Waals surface area contributed by atoms with Gasteiger partial charge >= 0.3 is 0 Å². The quantitative estimate of drug-likeness (QED) is 0.377. The second kappa shape index (κ2) is 17.1. The maximum absolute atomic E-state index is 11.9. The lowest BCUT2D eigenvalue weighted by atomic mass is 10.1. The fourth-order valence-corrected chi connectivity index (χ4v) is 4.48. The van der Waals surface area contributed by atoms with Crippen molar-refractivity contribution >= 4 is 27.7 Å². The van der Waals surface area contributed by atoms with E-state index in [9.17, 15) is 8.42 Å². The summed E-state index contributed by atoms with van der Waals surface area (Å²) in [4.78, 5) is 0. The van der Waals surface area contributed by atoms with E-state index in [0.29, 0.717) is 0 Å². The third kappa shape index (κ3) is 14.5. The molecular formula is C31H52N2O3S2. The number of hydrogen-bond donors (Lipinski definition) is 1. The van der Waals surface area contributed by atoms with Crippen LogP contribution in [0.5, 0.6) is 0 Å². The fourth-order valence-electron chi connectivity index (χ4n) is 3.04. The normalized spacial score (nSPS) is 16.1. The zero-order valence-corrected chi connectivity index (χ0v) is 26.1.